The molecule has 0 aromatic carbocycles. The number of nitrogens with zero attached hydrogens (tertiary/aromatic N) is 3. The number of carbonyl (C=O) groups is 6. The van der Waals surface area contributed by atoms with E-state index in [1.165, 1.54) is 0 Å². The van der Waals surface area contributed by atoms with Crippen LogP contribution in [-0.4, -0.2) is 63.1 Å². The van der Waals surface area contributed by atoms with Gasteiger partial charge in [-0.1, -0.05) is 0 Å². The summed E-state index contributed by atoms with van der Waals surface area (Å²) in [7, 11) is 1.05. The Balaban J connectivity index is 2.77. The number of imide groups is 4. The lowest BCUT2D eigenvalue weighted by Gasteiger charge is -2.31. The molecule has 1 N–H and O–H groups in total. The molecule has 0 saturated carbocycles. The highest BCUT2D eigenvalue weighted by molar-refractivity contribution is 6.31. The number of nitrogens with one attached hydrogen (secondary N) is 1. The Morgan fingerprint density at radius 2 is 1.50 bits per heavy atom. The van der Waals surface area contributed by atoms with Gasteiger partial charge in [0.25, 0.3) is 17.5 Å². The Labute approximate surface area is 112 Å². The molecule has 106 valence electrons. The van der Waals surface area contributed by atoms with Crippen LogP contribution in [0.5, 0.6) is 0 Å². The number of amides is 8. The van der Waals surface area contributed by atoms with Crippen LogP contribution in [0.2, 0.25) is 0 Å². The zero-order valence-electron chi connectivity index (χ0n) is 10.8. The van der Waals surface area contributed by atoms with E-state index in [0.29, 0.717) is 9.80 Å². The van der Waals surface area contributed by atoms with Crippen molar-refractivity contribution in [3.05, 3.63) is 0 Å². The van der Waals surface area contributed by atoms with E-state index >= 15 is 0 Å². The standard InChI is InChI=1S/C10H10N4O6/c1-4(15)13-8(19)11-6(17)10(13)7(18)12(3)9(20)14(10)5(2)16/h1-3H3,(H,11,17,19). The molecule has 2 rings (SSSR count). The van der Waals surface area contributed by atoms with Crippen molar-refractivity contribution in [1.29, 1.82) is 0 Å². The highest BCUT2D eigenvalue weighted by atomic mass is 16.2. The fourth-order valence-corrected chi connectivity index (χ4v) is 2.32. The van der Waals surface area contributed by atoms with Crippen LogP contribution in [0.4, 0.5) is 9.59 Å². The van der Waals surface area contributed by atoms with E-state index in [9.17, 15) is 28.8 Å². The Morgan fingerprint density at radius 1 is 1.00 bits per heavy atom. The highest BCUT2D eigenvalue weighted by Crippen LogP contribution is 2.35. The second-order valence-corrected chi connectivity index (χ2v) is 4.29. The molecular formula is C10H10N4O6. The number of carbonyl (C=O) groups excluding carboxylic acids is 6. The van der Waals surface area contributed by atoms with Gasteiger partial charge in [-0.2, -0.15) is 0 Å². The van der Waals surface area contributed by atoms with Crippen LogP contribution in [0.25, 0.3) is 0 Å². The third-order valence-corrected chi connectivity index (χ3v) is 3.10. The van der Waals surface area contributed by atoms with Crippen LogP contribution in [0.15, 0.2) is 0 Å². The zero-order valence-corrected chi connectivity index (χ0v) is 10.8. The molecule has 2 aliphatic heterocycles. The molecule has 2 heterocycles. The van der Waals surface area contributed by atoms with Crippen LogP contribution in [0.1, 0.15) is 13.8 Å². The van der Waals surface area contributed by atoms with Crippen molar-refractivity contribution in [2.24, 2.45) is 0 Å². The predicted molar refractivity (Wildman–Crippen MR) is 59.5 cm³/mol. The van der Waals surface area contributed by atoms with Gasteiger partial charge in [0, 0.05) is 20.9 Å². The van der Waals surface area contributed by atoms with Crippen LogP contribution >= 0.6 is 0 Å². The number of rotatable bonds is 0. The molecule has 1 spiro atoms. The lowest BCUT2D eigenvalue weighted by atomic mass is 10.1. The first-order valence-corrected chi connectivity index (χ1v) is 5.46. The second-order valence-electron chi connectivity index (χ2n) is 4.29. The summed E-state index contributed by atoms with van der Waals surface area (Å²) in [6.45, 7) is 1.88. The number of hydrogen-bond acceptors (Lipinski definition) is 6. The molecule has 1 atom stereocenters. The molecule has 10 heteroatoms. The van der Waals surface area contributed by atoms with Gasteiger partial charge in [-0.25, -0.2) is 19.4 Å². The molecule has 0 aromatic heterocycles. The molecule has 2 saturated heterocycles. The summed E-state index contributed by atoms with van der Waals surface area (Å²) >= 11 is 0. The SMILES string of the molecule is CC(=O)N1C(=O)NC(=O)C12C(=O)N(C)C(=O)N2C(C)=O. The van der Waals surface area contributed by atoms with Crippen LogP contribution < -0.4 is 5.32 Å². The zero-order chi connectivity index (χ0) is 15.4. The molecule has 2 fully saturated rings. The van der Waals surface area contributed by atoms with Crippen molar-refractivity contribution in [1.82, 2.24) is 20.0 Å². The largest absolute Gasteiger partial charge is 0.336 e. The van der Waals surface area contributed by atoms with Gasteiger partial charge in [0.15, 0.2) is 0 Å². The quantitative estimate of drug-likeness (QED) is 0.414. The van der Waals surface area contributed by atoms with Gasteiger partial charge in [-0.05, 0) is 0 Å². The minimum Gasteiger partial charge on any atom is -0.275 e. The van der Waals surface area contributed by atoms with Crippen LogP contribution in [0, 0.1) is 0 Å². The number of likely N-dealkylation sites (N-methyl/N-ethyl adjacent to an activating group) is 1. The van der Waals surface area contributed by atoms with E-state index in [1.54, 1.807) is 5.32 Å². The maximum absolute atomic E-state index is 12.2. The summed E-state index contributed by atoms with van der Waals surface area (Å²) in [6, 6.07) is -2.25. The molecule has 2 aliphatic rings. The molecule has 10 nitrogen and oxygen atoms in total. The first-order valence-electron chi connectivity index (χ1n) is 5.46. The van der Waals surface area contributed by atoms with Gasteiger partial charge in [-0.15, -0.1) is 0 Å². The third-order valence-electron chi connectivity index (χ3n) is 3.10. The summed E-state index contributed by atoms with van der Waals surface area (Å²) < 4.78 is 0. The van der Waals surface area contributed by atoms with Gasteiger partial charge < -0.3 is 0 Å². The van der Waals surface area contributed by atoms with E-state index in [0.717, 1.165) is 20.9 Å². The van der Waals surface area contributed by atoms with E-state index in [4.69, 9.17) is 0 Å². The number of urea groups is 2. The smallest absolute Gasteiger partial charge is 0.275 e. The van der Waals surface area contributed by atoms with Gasteiger partial charge in [0.05, 0.1) is 0 Å². The molecule has 0 radical (unpaired) electrons. The van der Waals surface area contributed by atoms with Crippen molar-refractivity contribution >= 4 is 35.7 Å². The van der Waals surface area contributed by atoms with Crippen LogP contribution in [0.3, 0.4) is 0 Å². The maximum atomic E-state index is 12.2. The summed E-state index contributed by atoms with van der Waals surface area (Å²) in [5.41, 5.74) is -2.60. The number of hydrogen-bond donors (Lipinski definition) is 1. The topological polar surface area (TPSA) is 124 Å². The lowest BCUT2D eigenvalue weighted by molar-refractivity contribution is -0.159. The molecule has 8 amide bonds. The summed E-state index contributed by atoms with van der Waals surface area (Å²) in [4.78, 5) is 72.1. The molecule has 20 heavy (non-hydrogen) atoms. The van der Waals surface area contributed by atoms with E-state index in [1.807, 2.05) is 0 Å². The summed E-state index contributed by atoms with van der Waals surface area (Å²) in [5, 5.41) is 1.77. The van der Waals surface area contributed by atoms with Crippen molar-refractivity contribution in [2.75, 3.05) is 7.05 Å². The second kappa shape index (κ2) is 3.85. The maximum Gasteiger partial charge on any atom is 0.336 e. The van der Waals surface area contributed by atoms with Crippen molar-refractivity contribution in [3.8, 4) is 0 Å². The normalized spacial score (nSPS) is 25.9. The lowest BCUT2D eigenvalue weighted by Crippen LogP contribution is -2.65. The fraction of sp³-hybridized carbons (Fsp3) is 0.400. The minimum atomic E-state index is -2.60. The predicted octanol–water partition coefficient (Wildman–Crippen LogP) is -1.78. The Hall–Kier alpha value is -2.78. The van der Waals surface area contributed by atoms with Crippen molar-refractivity contribution in [3.63, 3.8) is 0 Å². The van der Waals surface area contributed by atoms with Crippen molar-refractivity contribution in [2.45, 2.75) is 19.5 Å². The summed E-state index contributed by atoms with van der Waals surface area (Å²) in [6.07, 6.45) is 0. The van der Waals surface area contributed by atoms with Crippen molar-refractivity contribution < 1.29 is 28.8 Å². The monoisotopic (exact) mass is 282 g/mol. The molecule has 1 unspecified atom stereocenters. The average molecular weight is 282 g/mol. The van der Waals surface area contributed by atoms with E-state index in [-0.39, 0.29) is 4.90 Å². The van der Waals surface area contributed by atoms with Gasteiger partial charge >= 0.3 is 12.1 Å². The van der Waals surface area contributed by atoms with E-state index in [2.05, 4.69) is 0 Å². The molecule has 0 aromatic rings. The molecule has 0 aliphatic carbocycles. The van der Waals surface area contributed by atoms with E-state index < -0.39 is 41.4 Å². The first-order chi connectivity index (χ1) is 9.17. The molecular weight excluding hydrogens is 272 g/mol. The first kappa shape index (κ1) is 13.6. The highest BCUT2D eigenvalue weighted by Gasteiger charge is 2.72. The third kappa shape index (κ3) is 1.27. The fourth-order valence-electron chi connectivity index (χ4n) is 2.32. The van der Waals surface area contributed by atoms with Gasteiger partial charge in [0.1, 0.15) is 0 Å². The van der Waals surface area contributed by atoms with Gasteiger partial charge in [-0.3, -0.25) is 29.4 Å². The Bertz CT molecular complexity index is 599. The van der Waals surface area contributed by atoms with Crippen LogP contribution in [-0.2, 0) is 19.2 Å². The minimum absolute atomic E-state index is 0.278. The Kier molecular flexibility index (Phi) is 2.63. The Morgan fingerprint density at radius 3 is 1.95 bits per heavy atom. The van der Waals surface area contributed by atoms with Gasteiger partial charge in [0.2, 0.25) is 11.8 Å². The molecule has 0 bridgehead atoms. The summed E-state index contributed by atoms with van der Waals surface area (Å²) in [5.74, 6) is -4.24. The average Bonchev–Trinajstić information content (AvgIpc) is 2.68.